The molecule has 0 amide bonds. The van der Waals surface area contributed by atoms with Crippen LogP contribution in [0.2, 0.25) is 0 Å². The lowest BCUT2D eigenvalue weighted by Crippen LogP contribution is -2.53. The van der Waals surface area contributed by atoms with Crippen LogP contribution in [0.5, 0.6) is 0 Å². The number of piperidine rings is 1. The van der Waals surface area contributed by atoms with Crippen molar-refractivity contribution >= 4 is 16.0 Å². The molecule has 0 unspecified atom stereocenters. The summed E-state index contributed by atoms with van der Waals surface area (Å²) in [5, 5.41) is 4.05. The first kappa shape index (κ1) is 17.9. The van der Waals surface area contributed by atoms with Gasteiger partial charge in [0.1, 0.15) is 4.90 Å². The fourth-order valence-electron chi connectivity index (χ4n) is 3.16. The summed E-state index contributed by atoms with van der Waals surface area (Å²) in [7, 11) is -3.69. The molecule has 2 heterocycles. The van der Waals surface area contributed by atoms with Crippen LogP contribution in [-0.2, 0) is 26.1 Å². The van der Waals surface area contributed by atoms with Crippen LogP contribution in [0.1, 0.15) is 40.5 Å². The Bertz CT molecular complexity index is 655. The van der Waals surface area contributed by atoms with Gasteiger partial charge >= 0.3 is 5.97 Å². The second-order valence-electron chi connectivity index (χ2n) is 5.89. The third-order valence-electron chi connectivity index (χ3n) is 4.41. The van der Waals surface area contributed by atoms with Gasteiger partial charge in [0, 0.05) is 24.8 Å². The average molecular weight is 343 g/mol. The largest absolute Gasteiger partial charge is 0.466 e. The molecule has 1 saturated heterocycles. The Morgan fingerprint density at radius 1 is 1.35 bits per heavy atom. The van der Waals surface area contributed by atoms with Crippen LogP contribution in [0.15, 0.2) is 17.3 Å². The van der Waals surface area contributed by atoms with Crippen molar-refractivity contribution in [2.75, 3.05) is 6.61 Å². The summed E-state index contributed by atoms with van der Waals surface area (Å²) in [4.78, 5) is 12.3. The lowest BCUT2D eigenvalue weighted by atomic mass is 9.89. The minimum absolute atomic E-state index is 0.161. The Morgan fingerprint density at radius 3 is 2.61 bits per heavy atom. The Labute approximate surface area is 137 Å². The smallest absolute Gasteiger partial charge is 0.310 e. The Balaban J connectivity index is 2.32. The highest BCUT2D eigenvalue weighted by atomic mass is 32.2. The van der Waals surface area contributed by atoms with E-state index in [0.717, 1.165) is 0 Å². The molecule has 1 aromatic heterocycles. The van der Waals surface area contributed by atoms with Crippen molar-refractivity contribution in [1.29, 1.82) is 0 Å². The summed E-state index contributed by atoms with van der Waals surface area (Å²) < 4.78 is 34.1. The molecule has 1 aromatic rings. The second kappa shape index (κ2) is 7.00. The molecule has 0 saturated carbocycles. The van der Waals surface area contributed by atoms with E-state index in [-0.39, 0.29) is 16.9 Å². The molecule has 7 nitrogen and oxygen atoms in total. The van der Waals surface area contributed by atoms with Gasteiger partial charge in [-0.25, -0.2) is 8.42 Å². The standard InChI is InChI=1S/C15H25N3O4S/c1-5-17-10-13(9-16-17)23(20,21)18-11(3)7-8-14(12(18)4)15(19)22-6-2/h9-12,14H,5-8H2,1-4H3/t11-,12+,14+/m1/s1. The van der Waals surface area contributed by atoms with Gasteiger partial charge in [0.15, 0.2) is 0 Å². The maximum atomic E-state index is 13.0. The fraction of sp³-hybridized carbons (Fsp3) is 0.733. The van der Waals surface area contributed by atoms with Crippen molar-refractivity contribution in [2.24, 2.45) is 5.92 Å². The summed E-state index contributed by atoms with van der Waals surface area (Å²) in [5.41, 5.74) is 0. The lowest BCUT2D eigenvalue weighted by molar-refractivity contribution is -0.151. The van der Waals surface area contributed by atoms with Gasteiger partial charge in [0.05, 0.1) is 18.7 Å². The molecule has 1 fully saturated rings. The van der Waals surface area contributed by atoms with E-state index in [1.165, 1.54) is 16.7 Å². The van der Waals surface area contributed by atoms with E-state index in [1.807, 2.05) is 13.8 Å². The predicted octanol–water partition coefficient (Wildman–Crippen LogP) is 1.64. The van der Waals surface area contributed by atoms with Gasteiger partial charge in [0.25, 0.3) is 0 Å². The Morgan fingerprint density at radius 2 is 2.04 bits per heavy atom. The third kappa shape index (κ3) is 3.42. The molecule has 0 radical (unpaired) electrons. The molecule has 23 heavy (non-hydrogen) atoms. The van der Waals surface area contributed by atoms with Crippen LogP contribution < -0.4 is 0 Å². The number of sulfonamides is 1. The summed E-state index contributed by atoms with van der Waals surface area (Å²) in [6.07, 6.45) is 4.17. The van der Waals surface area contributed by atoms with Gasteiger partial charge < -0.3 is 4.74 Å². The third-order valence-corrected chi connectivity index (χ3v) is 6.47. The van der Waals surface area contributed by atoms with Gasteiger partial charge in [-0.15, -0.1) is 0 Å². The number of aromatic nitrogens is 2. The number of rotatable bonds is 5. The molecule has 8 heteroatoms. The van der Waals surface area contributed by atoms with E-state index >= 15 is 0 Å². The Kier molecular flexibility index (Phi) is 5.46. The number of hydrogen-bond acceptors (Lipinski definition) is 5. The summed E-state index contributed by atoms with van der Waals surface area (Å²) >= 11 is 0. The van der Waals surface area contributed by atoms with Crippen molar-refractivity contribution in [3.63, 3.8) is 0 Å². The van der Waals surface area contributed by atoms with Crippen LogP contribution in [0.4, 0.5) is 0 Å². The molecule has 1 aliphatic rings. The number of carbonyl (C=O) groups excluding carboxylic acids is 1. The zero-order valence-corrected chi connectivity index (χ0v) is 14.9. The van der Waals surface area contributed by atoms with Crippen molar-refractivity contribution in [3.8, 4) is 0 Å². The Hall–Kier alpha value is -1.41. The minimum Gasteiger partial charge on any atom is -0.466 e. The van der Waals surface area contributed by atoms with E-state index in [1.54, 1.807) is 18.5 Å². The van der Waals surface area contributed by atoms with Gasteiger partial charge in [-0.1, -0.05) is 0 Å². The molecule has 3 atom stereocenters. The molecular weight excluding hydrogens is 318 g/mol. The molecule has 0 aromatic carbocycles. The normalized spacial score (nSPS) is 26.2. The molecule has 0 spiro atoms. The lowest BCUT2D eigenvalue weighted by Gasteiger charge is -2.41. The minimum atomic E-state index is -3.69. The maximum Gasteiger partial charge on any atom is 0.310 e. The number of esters is 1. The molecule has 0 aliphatic carbocycles. The predicted molar refractivity (Wildman–Crippen MR) is 85.2 cm³/mol. The van der Waals surface area contributed by atoms with Gasteiger partial charge in [0.2, 0.25) is 10.0 Å². The number of aryl methyl sites for hydroxylation is 1. The second-order valence-corrected chi connectivity index (χ2v) is 7.74. The number of hydrogen-bond donors (Lipinski definition) is 0. The first-order valence-corrected chi connectivity index (χ1v) is 9.49. The summed E-state index contributed by atoms with van der Waals surface area (Å²) in [6.45, 7) is 8.20. The van der Waals surface area contributed by atoms with E-state index < -0.39 is 22.0 Å². The maximum absolute atomic E-state index is 13.0. The molecule has 0 bridgehead atoms. The number of carbonyl (C=O) groups is 1. The quantitative estimate of drug-likeness (QED) is 0.759. The monoisotopic (exact) mass is 343 g/mol. The molecule has 1 aliphatic heterocycles. The number of nitrogens with zero attached hydrogens (tertiary/aromatic N) is 3. The van der Waals surface area contributed by atoms with Crippen molar-refractivity contribution in [1.82, 2.24) is 14.1 Å². The van der Waals surface area contributed by atoms with Crippen LogP contribution in [-0.4, -0.2) is 47.2 Å². The zero-order chi connectivity index (χ0) is 17.2. The van der Waals surface area contributed by atoms with Crippen LogP contribution in [0.25, 0.3) is 0 Å². The van der Waals surface area contributed by atoms with Crippen molar-refractivity contribution in [2.45, 2.75) is 64.1 Å². The molecule has 2 rings (SSSR count). The number of ether oxygens (including phenoxy) is 1. The highest BCUT2D eigenvalue weighted by molar-refractivity contribution is 7.89. The topological polar surface area (TPSA) is 81.5 Å². The highest BCUT2D eigenvalue weighted by Crippen LogP contribution is 2.33. The van der Waals surface area contributed by atoms with Crippen molar-refractivity contribution in [3.05, 3.63) is 12.4 Å². The van der Waals surface area contributed by atoms with E-state index in [2.05, 4.69) is 5.10 Å². The van der Waals surface area contributed by atoms with Crippen LogP contribution in [0, 0.1) is 5.92 Å². The SMILES string of the molecule is CCOC(=O)[C@H]1CC[C@@H](C)N(S(=O)(=O)c2cnn(CC)c2)[C@H]1C. The summed E-state index contributed by atoms with van der Waals surface area (Å²) in [6, 6.07) is -0.599. The molecular formula is C15H25N3O4S. The first-order chi connectivity index (χ1) is 10.8. The van der Waals surface area contributed by atoms with Crippen LogP contribution >= 0.6 is 0 Å². The van der Waals surface area contributed by atoms with E-state index in [4.69, 9.17) is 4.74 Å². The van der Waals surface area contributed by atoms with Crippen molar-refractivity contribution < 1.29 is 17.9 Å². The first-order valence-electron chi connectivity index (χ1n) is 8.05. The summed E-state index contributed by atoms with van der Waals surface area (Å²) in [5.74, 6) is -0.751. The highest BCUT2D eigenvalue weighted by Gasteiger charge is 2.44. The average Bonchev–Trinajstić information content (AvgIpc) is 2.97. The van der Waals surface area contributed by atoms with Crippen LogP contribution in [0.3, 0.4) is 0 Å². The van der Waals surface area contributed by atoms with Gasteiger partial charge in [-0.05, 0) is 40.5 Å². The fourth-order valence-corrected chi connectivity index (χ4v) is 5.00. The van der Waals surface area contributed by atoms with Gasteiger partial charge in [-0.2, -0.15) is 9.40 Å². The van der Waals surface area contributed by atoms with E-state index in [9.17, 15) is 13.2 Å². The molecule has 130 valence electrons. The zero-order valence-electron chi connectivity index (χ0n) is 14.1. The molecule has 0 N–H and O–H groups in total. The van der Waals surface area contributed by atoms with Gasteiger partial charge in [-0.3, -0.25) is 9.48 Å². The van der Waals surface area contributed by atoms with E-state index in [0.29, 0.717) is 26.0 Å².